The van der Waals surface area contributed by atoms with Crippen molar-refractivity contribution >= 4 is 10.9 Å². The van der Waals surface area contributed by atoms with Gasteiger partial charge in [-0.25, -0.2) is 0 Å². The summed E-state index contributed by atoms with van der Waals surface area (Å²) in [5, 5.41) is 1.02. The Kier molecular flexibility index (Phi) is 3.38. The number of hydrogen-bond donors (Lipinski definition) is 0. The Bertz CT molecular complexity index is 609. The number of rotatable bonds is 2. The first-order valence-corrected chi connectivity index (χ1v) is 6.65. The van der Waals surface area contributed by atoms with Gasteiger partial charge in [0.05, 0.1) is 11.4 Å². The van der Waals surface area contributed by atoms with Gasteiger partial charge in [-0.15, -0.1) is 0 Å². The van der Waals surface area contributed by atoms with E-state index in [1.54, 1.807) is 6.20 Å². The predicted octanol–water partition coefficient (Wildman–Crippen LogP) is 3.62. The van der Waals surface area contributed by atoms with Crippen LogP contribution in [0.1, 0.15) is 12.0 Å². The standard InChI is InChI=1S/C15H15F3N2/c16-15(17,18)13-5-7-20(10-13)9-11-3-4-14-12(8-11)2-1-6-19-14/h1-4,6,8,13H,5,7,9-10H2. The lowest BCUT2D eigenvalue weighted by molar-refractivity contribution is -0.170. The quantitative estimate of drug-likeness (QED) is 0.835. The van der Waals surface area contributed by atoms with Crippen LogP contribution in [0.3, 0.4) is 0 Å². The number of aromatic nitrogens is 1. The first kappa shape index (κ1) is 13.4. The van der Waals surface area contributed by atoms with E-state index in [0.717, 1.165) is 16.5 Å². The van der Waals surface area contributed by atoms with Crippen molar-refractivity contribution in [1.29, 1.82) is 0 Å². The zero-order chi connectivity index (χ0) is 14.2. The molecule has 0 aliphatic carbocycles. The van der Waals surface area contributed by atoms with Crippen LogP contribution < -0.4 is 0 Å². The van der Waals surface area contributed by atoms with Crippen molar-refractivity contribution in [3.8, 4) is 0 Å². The van der Waals surface area contributed by atoms with Crippen LogP contribution in [0.5, 0.6) is 0 Å². The van der Waals surface area contributed by atoms with Crippen molar-refractivity contribution in [3.05, 3.63) is 42.1 Å². The molecule has 5 heteroatoms. The molecular weight excluding hydrogens is 265 g/mol. The van der Waals surface area contributed by atoms with Crippen molar-refractivity contribution in [1.82, 2.24) is 9.88 Å². The van der Waals surface area contributed by atoms with E-state index in [0.29, 0.717) is 13.1 Å². The van der Waals surface area contributed by atoms with E-state index in [9.17, 15) is 13.2 Å². The maximum atomic E-state index is 12.6. The van der Waals surface area contributed by atoms with Gasteiger partial charge < -0.3 is 0 Å². The highest BCUT2D eigenvalue weighted by Gasteiger charge is 2.43. The van der Waals surface area contributed by atoms with Gasteiger partial charge in [0.2, 0.25) is 0 Å². The fourth-order valence-corrected chi connectivity index (χ4v) is 2.73. The molecule has 1 aliphatic heterocycles. The number of halogens is 3. The molecule has 3 rings (SSSR count). The molecule has 1 aromatic heterocycles. The van der Waals surface area contributed by atoms with Crippen molar-refractivity contribution in [2.24, 2.45) is 5.92 Å². The maximum Gasteiger partial charge on any atom is 0.393 e. The second-order valence-electron chi connectivity index (χ2n) is 5.29. The summed E-state index contributed by atoms with van der Waals surface area (Å²) >= 11 is 0. The molecular formula is C15H15F3N2. The zero-order valence-corrected chi connectivity index (χ0v) is 10.9. The molecule has 1 aliphatic rings. The number of alkyl halides is 3. The van der Waals surface area contributed by atoms with Crippen LogP contribution >= 0.6 is 0 Å². The molecule has 20 heavy (non-hydrogen) atoms. The van der Waals surface area contributed by atoms with Gasteiger partial charge in [0.25, 0.3) is 0 Å². The fraction of sp³-hybridized carbons (Fsp3) is 0.400. The van der Waals surface area contributed by atoms with Gasteiger partial charge in [0.1, 0.15) is 0 Å². The topological polar surface area (TPSA) is 16.1 Å². The van der Waals surface area contributed by atoms with Crippen molar-refractivity contribution < 1.29 is 13.2 Å². The predicted molar refractivity (Wildman–Crippen MR) is 71.2 cm³/mol. The van der Waals surface area contributed by atoms with E-state index in [1.807, 2.05) is 35.2 Å². The highest BCUT2D eigenvalue weighted by Crippen LogP contribution is 2.34. The largest absolute Gasteiger partial charge is 0.393 e. The third-order valence-corrected chi connectivity index (χ3v) is 3.81. The van der Waals surface area contributed by atoms with Gasteiger partial charge in [-0.1, -0.05) is 12.1 Å². The molecule has 0 bridgehead atoms. The number of pyridine rings is 1. The Morgan fingerprint density at radius 2 is 2.10 bits per heavy atom. The van der Waals surface area contributed by atoms with Crippen molar-refractivity contribution in [2.45, 2.75) is 19.1 Å². The Balaban J connectivity index is 1.71. The Labute approximate surface area is 115 Å². The molecule has 1 fully saturated rings. The number of fused-ring (bicyclic) bond motifs is 1. The number of likely N-dealkylation sites (tertiary alicyclic amines) is 1. The third kappa shape index (κ3) is 2.77. The molecule has 1 atom stereocenters. The highest BCUT2D eigenvalue weighted by molar-refractivity contribution is 5.78. The maximum absolute atomic E-state index is 12.6. The summed E-state index contributed by atoms with van der Waals surface area (Å²) in [7, 11) is 0. The second kappa shape index (κ2) is 5.05. The molecule has 1 aromatic carbocycles. The van der Waals surface area contributed by atoms with E-state index < -0.39 is 12.1 Å². The minimum absolute atomic E-state index is 0.106. The second-order valence-corrected chi connectivity index (χ2v) is 5.29. The molecule has 2 heterocycles. The van der Waals surface area contributed by atoms with E-state index in [-0.39, 0.29) is 13.0 Å². The summed E-state index contributed by atoms with van der Waals surface area (Å²) in [4.78, 5) is 6.11. The van der Waals surface area contributed by atoms with Gasteiger partial charge in [0, 0.05) is 24.7 Å². The van der Waals surface area contributed by atoms with Crippen LogP contribution in [-0.4, -0.2) is 29.1 Å². The molecule has 2 aromatic rings. The van der Waals surface area contributed by atoms with Crippen LogP contribution in [0.2, 0.25) is 0 Å². The van der Waals surface area contributed by atoms with Crippen LogP contribution in [0.15, 0.2) is 36.5 Å². The van der Waals surface area contributed by atoms with E-state index in [2.05, 4.69) is 4.98 Å². The molecule has 0 radical (unpaired) electrons. The average Bonchev–Trinajstić information content (AvgIpc) is 2.87. The summed E-state index contributed by atoms with van der Waals surface area (Å²) in [6, 6.07) is 9.69. The van der Waals surface area contributed by atoms with Crippen molar-refractivity contribution in [3.63, 3.8) is 0 Å². The highest BCUT2D eigenvalue weighted by atomic mass is 19.4. The van der Waals surface area contributed by atoms with Crippen LogP contribution in [0.4, 0.5) is 13.2 Å². The van der Waals surface area contributed by atoms with Gasteiger partial charge >= 0.3 is 6.18 Å². The molecule has 1 unspecified atom stereocenters. The fourth-order valence-electron chi connectivity index (χ4n) is 2.73. The first-order chi connectivity index (χ1) is 9.52. The molecule has 1 saturated heterocycles. The minimum atomic E-state index is -4.07. The van der Waals surface area contributed by atoms with Crippen molar-refractivity contribution in [2.75, 3.05) is 13.1 Å². The number of nitrogens with zero attached hydrogens (tertiary/aromatic N) is 2. The lowest BCUT2D eigenvalue weighted by Crippen LogP contribution is -2.27. The van der Waals surface area contributed by atoms with E-state index in [1.165, 1.54) is 0 Å². The van der Waals surface area contributed by atoms with Crippen LogP contribution in [-0.2, 0) is 6.54 Å². The zero-order valence-electron chi connectivity index (χ0n) is 10.9. The summed E-state index contributed by atoms with van der Waals surface area (Å²) in [5.74, 6) is -1.18. The Morgan fingerprint density at radius 3 is 2.85 bits per heavy atom. The van der Waals surface area contributed by atoms with Crippen LogP contribution in [0, 0.1) is 5.92 Å². The SMILES string of the molecule is FC(F)(F)C1CCN(Cc2ccc3ncccc3c2)C1. The molecule has 0 spiro atoms. The molecule has 0 N–H and O–H groups in total. The first-order valence-electron chi connectivity index (χ1n) is 6.65. The van der Waals surface area contributed by atoms with Gasteiger partial charge in [-0.2, -0.15) is 13.2 Å². The molecule has 106 valence electrons. The lowest BCUT2D eigenvalue weighted by atomic mass is 10.1. The molecule has 0 saturated carbocycles. The summed E-state index contributed by atoms with van der Waals surface area (Å²) < 4.78 is 37.9. The molecule has 2 nitrogen and oxygen atoms in total. The summed E-state index contributed by atoms with van der Waals surface area (Å²) in [6.45, 7) is 1.18. The lowest BCUT2D eigenvalue weighted by Gasteiger charge is -2.17. The smallest absolute Gasteiger partial charge is 0.298 e. The Hall–Kier alpha value is -1.62. The van der Waals surface area contributed by atoms with Gasteiger partial charge in [-0.3, -0.25) is 9.88 Å². The Morgan fingerprint density at radius 1 is 1.25 bits per heavy atom. The third-order valence-electron chi connectivity index (χ3n) is 3.81. The number of hydrogen-bond acceptors (Lipinski definition) is 2. The average molecular weight is 280 g/mol. The van der Waals surface area contributed by atoms with Gasteiger partial charge in [-0.05, 0) is 36.7 Å². The normalized spacial score (nSPS) is 20.6. The monoisotopic (exact) mass is 280 g/mol. The number of benzene rings is 1. The minimum Gasteiger partial charge on any atom is -0.298 e. The summed E-state index contributed by atoms with van der Waals surface area (Å²) in [6.07, 6.45) is -2.13. The van der Waals surface area contributed by atoms with E-state index >= 15 is 0 Å². The summed E-state index contributed by atoms with van der Waals surface area (Å²) in [5.41, 5.74) is 1.94. The van der Waals surface area contributed by atoms with Crippen LogP contribution in [0.25, 0.3) is 10.9 Å². The molecule has 0 amide bonds. The van der Waals surface area contributed by atoms with Gasteiger partial charge in [0.15, 0.2) is 0 Å². The van der Waals surface area contributed by atoms with E-state index in [4.69, 9.17) is 0 Å².